The van der Waals surface area contributed by atoms with Crippen LogP contribution < -0.4 is 14.8 Å². The van der Waals surface area contributed by atoms with E-state index in [0.29, 0.717) is 17.5 Å². The van der Waals surface area contributed by atoms with Crippen LogP contribution in [0, 0.1) is 13.8 Å². The first-order valence-electron chi connectivity index (χ1n) is 7.31. The van der Waals surface area contributed by atoms with E-state index < -0.39 is 0 Å². The third-order valence-corrected chi connectivity index (χ3v) is 3.33. The minimum atomic E-state index is 0.266. The first-order chi connectivity index (χ1) is 11.6. The van der Waals surface area contributed by atoms with Gasteiger partial charge in [0.15, 0.2) is 0 Å². The summed E-state index contributed by atoms with van der Waals surface area (Å²) in [4.78, 5) is 16.7. The highest BCUT2D eigenvalue weighted by Crippen LogP contribution is 2.28. The molecule has 124 valence electrons. The van der Waals surface area contributed by atoms with Crippen LogP contribution in [0.1, 0.15) is 11.5 Å². The van der Waals surface area contributed by atoms with Gasteiger partial charge in [0.25, 0.3) is 0 Å². The van der Waals surface area contributed by atoms with E-state index in [1.165, 1.54) is 7.11 Å². The largest absolute Gasteiger partial charge is 0.494 e. The monoisotopic (exact) mass is 326 g/mol. The second-order valence-electron chi connectivity index (χ2n) is 5.13. The molecule has 1 N–H and O–H groups in total. The number of ether oxygens (including phenoxy) is 2. The Morgan fingerprint density at radius 3 is 2.54 bits per heavy atom. The number of methoxy groups -OCH3 is 2. The van der Waals surface area contributed by atoms with E-state index in [9.17, 15) is 0 Å². The van der Waals surface area contributed by atoms with Gasteiger partial charge >= 0.3 is 6.01 Å². The second kappa shape index (κ2) is 6.53. The van der Waals surface area contributed by atoms with Gasteiger partial charge in [0.2, 0.25) is 5.95 Å². The number of rotatable bonds is 5. The van der Waals surface area contributed by atoms with Gasteiger partial charge < -0.3 is 19.4 Å². The Labute approximate surface area is 139 Å². The quantitative estimate of drug-likeness (QED) is 0.770. The smallest absolute Gasteiger partial charge is 0.321 e. The van der Waals surface area contributed by atoms with Crippen molar-refractivity contribution in [3.05, 3.63) is 42.2 Å². The van der Waals surface area contributed by atoms with Gasteiger partial charge in [-0.05, 0) is 26.0 Å². The van der Waals surface area contributed by atoms with Crippen molar-refractivity contribution in [1.82, 2.24) is 24.5 Å². The van der Waals surface area contributed by atoms with Crippen LogP contribution in [-0.2, 0) is 0 Å². The molecule has 0 aliphatic heterocycles. The van der Waals surface area contributed by atoms with Gasteiger partial charge in [-0.3, -0.25) is 0 Å². The van der Waals surface area contributed by atoms with Crippen molar-refractivity contribution in [3.63, 3.8) is 0 Å². The average Bonchev–Trinajstić information content (AvgIpc) is 3.00. The van der Waals surface area contributed by atoms with Gasteiger partial charge in [-0.1, -0.05) is 0 Å². The molecule has 0 radical (unpaired) electrons. The fraction of sp³-hybridized carbons (Fsp3) is 0.250. The van der Waals surface area contributed by atoms with Crippen molar-refractivity contribution in [3.8, 4) is 17.4 Å². The lowest BCUT2D eigenvalue weighted by atomic mass is 10.2. The maximum absolute atomic E-state index is 5.49. The Morgan fingerprint density at radius 1 is 1.04 bits per heavy atom. The molecule has 0 aliphatic rings. The third kappa shape index (κ3) is 3.27. The molecule has 0 amide bonds. The summed E-state index contributed by atoms with van der Waals surface area (Å²) in [6, 6.07) is 5.99. The first kappa shape index (κ1) is 15.7. The molecule has 3 rings (SSSR count). The molecule has 3 aromatic rings. The fourth-order valence-electron chi connectivity index (χ4n) is 2.26. The van der Waals surface area contributed by atoms with E-state index in [1.54, 1.807) is 20.4 Å². The number of hydrogen-bond donors (Lipinski definition) is 1. The predicted octanol–water partition coefficient (Wildman–Crippen LogP) is 2.43. The van der Waals surface area contributed by atoms with E-state index >= 15 is 0 Å². The molecular weight excluding hydrogens is 308 g/mol. The molecule has 24 heavy (non-hydrogen) atoms. The Bertz CT molecular complexity index is 862. The van der Waals surface area contributed by atoms with Gasteiger partial charge in [0.1, 0.15) is 11.6 Å². The van der Waals surface area contributed by atoms with Gasteiger partial charge in [0.05, 0.1) is 31.9 Å². The van der Waals surface area contributed by atoms with Gasteiger partial charge in [-0.2, -0.15) is 15.0 Å². The summed E-state index contributed by atoms with van der Waals surface area (Å²) in [5.41, 5.74) is 2.63. The van der Waals surface area contributed by atoms with Crippen LogP contribution in [-0.4, -0.2) is 38.7 Å². The molecule has 0 saturated heterocycles. The maximum Gasteiger partial charge on any atom is 0.321 e. The number of aryl methyl sites for hydroxylation is 2. The molecule has 8 nitrogen and oxygen atoms in total. The van der Waals surface area contributed by atoms with Crippen LogP contribution in [0.5, 0.6) is 11.8 Å². The van der Waals surface area contributed by atoms with Crippen LogP contribution in [0.4, 0.5) is 11.6 Å². The van der Waals surface area contributed by atoms with Gasteiger partial charge in [-0.25, -0.2) is 4.98 Å². The van der Waals surface area contributed by atoms with E-state index in [2.05, 4.69) is 25.3 Å². The summed E-state index contributed by atoms with van der Waals surface area (Å²) in [5, 5.41) is 3.13. The highest BCUT2D eigenvalue weighted by Gasteiger charge is 2.09. The van der Waals surface area contributed by atoms with E-state index in [1.807, 2.05) is 35.9 Å². The first-order valence-corrected chi connectivity index (χ1v) is 7.31. The Hall–Kier alpha value is -3.16. The SMILES string of the molecule is COc1nc(C)nc(Nc2ccc(-n3cnc(C)c3)c(OC)c2)n1. The Balaban J connectivity index is 1.91. The van der Waals surface area contributed by atoms with Crippen LogP contribution in [0.2, 0.25) is 0 Å². The summed E-state index contributed by atoms with van der Waals surface area (Å²) in [7, 11) is 3.14. The van der Waals surface area contributed by atoms with Crippen LogP contribution in [0.3, 0.4) is 0 Å². The maximum atomic E-state index is 5.49. The molecule has 0 fully saturated rings. The van der Waals surface area contributed by atoms with Crippen molar-refractivity contribution < 1.29 is 9.47 Å². The molecule has 0 unspecified atom stereocenters. The molecule has 0 bridgehead atoms. The van der Waals surface area contributed by atoms with Crippen molar-refractivity contribution in [1.29, 1.82) is 0 Å². The molecule has 0 saturated carbocycles. The predicted molar refractivity (Wildman–Crippen MR) is 89.3 cm³/mol. The molecular formula is C16H18N6O2. The molecule has 0 spiro atoms. The standard InChI is InChI=1S/C16H18N6O2/c1-10-8-22(9-17-10)13-6-5-12(7-14(13)23-3)20-15-18-11(2)19-16(21-15)24-4/h5-9H,1-4H3,(H,18,19,20,21). The third-order valence-electron chi connectivity index (χ3n) is 3.33. The lowest BCUT2D eigenvalue weighted by molar-refractivity contribution is 0.377. The molecule has 0 aliphatic carbocycles. The zero-order valence-corrected chi connectivity index (χ0v) is 13.9. The normalized spacial score (nSPS) is 10.5. The number of hydrogen-bond acceptors (Lipinski definition) is 7. The van der Waals surface area contributed by atoms with Gasteiger partial charge in [0, 0.05) is 18.0 Å². The number of anilines is 2. The summed E-state index contributed by atoms with van der Waals surface area (Å²) in [6.07, 6.45) is 3.69. The minimum Gasteiger partial charge on any atom is -0.494 e. The number of nitrogens with one attached hydrogen (secondary N) is 1. The summed E-state index contributed by atoms with van der Waals surface area (Å²) < 4.78 is 12.5. The van der Waals surface area contributed by atoms with E-state index in [4.69, 9.17) is 9.47 Å². The van der Waals surface area contributed by atoms with Crippen molar-refractivity contribution in [2.75, 3.05) is 19.5 Å². The molecule has 8 heteroatoms. The average molecular weight is 326 g/mol. The highest BCUT2D eigenvalue weighted by atomic mass is 16.5. The van der Waals surface area contributed by atoms with E-state index in [0.717, 1.165) is 17.1 Å². The van der Waals surface area contributed by atoms with Crippen LogP contribution in [0.15, 0.2) is 30.7 Å². The van der Waals surface area contributed by atoms with Crippen molar-refractivity contribution >= 4 is 11.6 Å². The number of imidazole rings is 1. The zero-order chi connectivity index (χ0) is 17.1. The highest BCUT2D eigenvalue weighted by molar-refractivity contribution is 5.62. The molecule has 0 atom stereocenters. The lowest BCUT2D eigenvalue weighted by Gasteiger charge is -2.12. The van der Waals surface area contributed by atoms with Crippen LogP contribution >= 0.6 is 0 Å². The minimum absolute atomic E-state index is 0.266. The summed E-state index contributed by atoms with van der Waals surface area (Å²) in [5.74, 6) is 1.68. The lowest BCUT2D eigenvalue weighted by Crippen LogP contribution is -2.04. The van der Waals surface area contributed by atoms with Crippen molar-refractivity contribution in [2.24, 2.45) is 0 Å². The topological polar surface area (TPSA) is 87.0 Å². The summed E-state index contributed by atoms with van der Waals surface area (Å²) >= 11 is 0. The summed E-state index contributed by atoms with van der Waals surface area (Å²) in [6.45, 7) is 3.72. The Kier molecular flexibility index (Phi) is 4.28. The number of aromatic nitrogens is 5. The molecule has 2 aromatic heterocycles. The van der Waals surface area contributed by atoms with E-state index in [-0.39, 0.29) is 6.01 Å². The van der Waals surface area contributed by atoms with Gasteiger partial charge in [-0.15, -0.1) is 0 Å². The Morgan fingerprint density at radius 2 is 1.88 bits per heavy atom. The molecule has 1 aromatic carbocycles. The number of nitrogens with zero attached hydrogens (tertiary/aromatic N) is 5. The molecule has 2 heterocycles. The fourth-order valence-corrected chi connectivity index (χ4v) is 2.26. The number of benzene rings is 1. The van der Waals surface area contributed by atoms with Crippen LogP contribution in [0.25, 0.3) is 5.69 Å². The zero-order valence-electron chi connectivity index (χ0n) is 13.9. The second-order valence-corrected chi connectivity index (χ2v) is 5.13. The van der Waals surface area contributed by atoms with Crippen molar-refractivity contribution in [2.45, 2.75) is 13.8 Å².